The van der Waals surface area contributed by atoms with Crippen molar-refractivity contribution in [1.82, 2.24) is 9.62 Å². The van der Waals surface area contributed by atoms with Crippen LogP contribution in [-0.2, 0) is 16.6 Å². The van der Waals surface area contributed by atoms with E-state index in [2.05, 4.69) is 14.3 Å². The van der Waals surface area contributed by atoms with Crippen molar-refractivity contribution in [1.29, 1.82) is 0 Å². The minimum Gasteiger partial charge on any atom is -0.564 e. The predicted molar refractivity (Wildman–Crippen MR) is 123 cm³/mol. The minimum absolute atomic E-state index is 0. The molecule has 0 bridgehead atoms. The molecule has 1 N–H and O–H groups in total. The quantitative estimate of drug-likeness (QED) is 0.298. The Kier molecular flexibility index (Phi) is 9.43. The average molecular weight is 509 g/mol. The van der Waals surface area contributed by atoms with Gasteiger partial charge in [-0.15, -0.1) is 5.69 Å². The second-order valence-corrected chi connectivity index (χ2v) is 8.84. The molecule has 0 spiro atoms. The van der Waals surface area contributed by atoms with E-state index in [1.807, 2.05) is 0 Å². The van der Waals surface area contributed by atoms with Gasteiger partial charge in [-0.05, 0) is 31.2 Å². The first kappa shape index (κ1) is 28.0. The number of amides is 1. The summed E-state index contributed by atoms with van der Waals surface area (Å²) in [6.45, 7) is 9.16. The molecule has 0 saturated heterocycles. The molecular weight excluding hydrogens is 487 g/mol. The molecule has 12 heteroatoms. The van der Waals surface area contributed by atoms with E-state index in [-0.39, 0.29) is 80.5 Å². The molecule has 0 unspecified atom stereocenters. The summed E-state index contributed by atoms with van der Waals surface area (Å²) in [7, 11) is 0.471. The van der Waals surface area contributed by atoms with Crippen molar-refractivity contribution < 1.29 is 73.8 Å². The van der Waals surface area contributed by atoms with Gasteiger partial charge < -0.3 is 18.8 Å². The zero-order chi connectivity index (χ0) is 24.3. The van der Waals surface area contributed by atoms with Gasteiger partial charge in [0.1, 0.15) is 11.3 Å². The molecule has 1 amide bonds. The molecule has 0 saturated carbocycles. The van der Waals surface area contributed by atoms with Crippen LogP contribution in [-0.4, -0.2) is 40.6 Å². The number of aryl methyl sites for hydroxylation is 1. The molecule has 3 aromatic rings. The maximum Gasteiger partial charge on any atom is 1.00 e. The van der Waals surface area contributed by atoms with Gasteiger partial charge in [0.05, 0.1) is 6.57 Å². The fourth-order valence-corrected chi connectivity index (χ4v) is 3.56. The molecule has 0 aliphatic heterocycles. The first-order valence-electron chi connectivity index (χ1n) is 9.67. The van der Waals surface area contributed by atoms with Crippen molar-refractivity contribution >= 4 is 38.6 Å². The van der Waals surface area contributed by atoms with E-state index in [0.29, 0.717) is 22.1 Å². The van der Waals surface area contributed by atoms with Gasteiger partial charge in [0, 0.05) is 37.5 Å². The van der Waals surface area contributed by atoms with E-state index in [0.717, 1.165) is 0 Å². The Balaban J connectivity index is 0.00000408. The average Bonchev–Trinajstić information content (AvgIpc) is 2.76. The molecule has 0 aliphatic rings. The largest absolute Gasteiger partial charge is 1.00 e. The summed E-state index contributed by atoms with van der Waals surface area (Å²) < 4.78 is 39.8. The fourth-order valence-electron chi connectivity index (χ4n) is 3.08. The monoisotopic (exact) mass is 508 g/mol. The third-order valence-corrected chi connectivity index (χ3v) is 5.79. The number of ether oxygens (including phenoxy) is 1. The SMILES string of the molecule is [C-]#[N+]c1cc2c(C)c(Cc3cccc([N-]S(=O)(=O)NC)c3)c(=O)oc2cc1OC(=O)N(C)C.[K+]. The first-order chi connectivity index (χ1) is 15.5. The summed E-state index contributed by atoms with van der Waals surface area (Å²) >= 11 is 0. The molecule has 2 aromatic carbocycles. The Morgan fingerprint density at radius 1 is 1.26 bits per heavy atom. The number of hydrogen-bond donors (Lipinski definition) is 1. The number of carbonyl (C=O) groups is 1. The van der Waals surface area contributed by atoms with Crippen molar-refractivity contribution in [3.8, 4) is 5.75 Å². The van der Waals surface area contributed by atoms with E-state index in [1.165, 1.54) is 44.2 Å². The number of rotatable bonds is 6. The number of nitrogens with zero attached hydrogens (tertiary/aromatic N) is 3. The summed E-state index contributed by atoms with van der Waals surface area (Å²) in [6, 6.07) is 9.33. The maximum absolute atomic E-state index is 12.7. The Bertz CT molecular complexity index is 1440. The zero-order valence-electron chi connectivity index (χ0n) is 19.4. The molecule has 0 aliphatic carbocycles. The molecule has 10 nitrogen and oxygen atoms in total. The normalized spacial score (nSPS) is 10.8. The van der Waals surface area contributed by atoms with Gasteiger partial charge in [0.25, 0.3) is 0 Å². The summed E-state index contributed by atoms with van der Waals surface area (Å²) in [5.74, 6) is -0.00782. The smallest absolute Gasteiger partial charge is 0.564 e. The van der Waals surface area contributed by atoms with Gasteiger partial charge >= 0.3 is 63.1 Å². The first-order valence-corrected chi connectivity index (χ1v) is 11.1. The zero-order valence-corrected chi connectivity index (χ0v) is 23.3. The predicted octanol–water partition coefficient (Wildman–Crippen LogP) is 0.777. The molecule has 172 valence electrons. The van der Waals surface area contributed by atoms with Crippen molar-refractivity contribution in [2.24, 2.45) is 0 Å². The van der Waals surface area contributed by atoms with Crippen LogP contribution < -0.4 is 66.5 Å². The van der Waals surface area contributed by atoms with Crippen molar-refractivity contribution in [2.75, 3.05) is 21.1 Å². The second kappa shape index (κ2) is 11.5. The fraction of sp³-hybridized carbons (Fsp3) is 0.227. The van der Waals surface area contributed by atoms with Crippen LogP contribution in [0.5, 0.6) is 5.75 Å². The van der Waals surface area contributed by atoms with Gasteiger partial charge in [-0.3, -0.25) is 0 Å². The van der Waals surface area contributed by atoms with Gasteiger partial charge in [-0.2, -0.15) is 0 Å². The number of hydrogen-bond acceptors (Lipinski definition) is 6. The number of benzene rings is 2. The molecule has 0 atom stereocenters. The van der Waals surface area contributed by atoms with Crippen LogP contribution in [0.3, 0.4) is 0 Å². The van der Waals surface area contributed by atoms with Gasteiger partial charge in [0.15, 0.2) is 10.2 Å². The Morgan fingerprint density at radius 3 is 2.59 bits per heavy atom. The van der Waals surface area contributed by atoms with Crippen LogP contribution in [0.4, 0.5) is 16.2 Å². The summed E-state index contributed by atoms with van der Waals surface area (Å²) in [5, 5.41) is 0.527. The topological polar surface area (TPSA) is 124 Å². The number of fused-ring (bicyclic) bond motifs is 1. The van der Waals surface area contributed by atoms with Crippen LogP contribution in [0, 0.1) is 13.5 Å². The van der Waals surface area contributed by atoms with Gasteiger partial charge in [-0.1, -0.05) is 24.3 Å². The Labute approximate surface area is 239 Å². The van der Waals surface area contributed by atoms with Gasteiger partial charge in [0.2, 0.25) is 5.69 Å². The van der Waals surface area contributed by atoms with E-state index in [9.17, 15) is 18.0 Å². The van der Waals surface area contributed by atoms with Crippen molar-refractivity contribution in [3.63, 3.8) is 0 Å². The molecule has 0 radical (unpaired) electrons. The van der Waals surface area contributed by atoms with E-state index in [1.54, 1.807) is 25.1 Å². The Hall–Kier alpha value is -2.24. The molecule has 1 heterocycles. The summed E-state index contributed by atoms with van der Waals surface area (Å²) in [6.07, 6.45) is -0.502. The third-order valence-electron chi connectivity index (χ3n) is 4.82. The third kappa shape index (κ3) is 6.45. The number of carbonyl (C=O) groups excluding carboxylic acids is 1. The molecule has 0 fully saturated rings. The molecular formula is C22H21KN4O6S. The Morgan fingerprint density at radius 2 is 1.97 bits per heavy atom. The maximum atomic E-state index is 12.7. The minimum atomic E-state index is -3.81. The van der Waals surface area contributed by atoms with Crippen LogP contribution in [0.2, 0.25) is 0 Å². The van der Waals surface area contributed by atoms with E-state index < -0.39 is 21.9 Å². The van der Waals surface area contributed by atoms with Crippen molar-refractivity contribution in [3.05, 3.63) is 79.6 Å². The van der Waals surface area contributed by atoms with Crippen LogP contribution in [0.1, 0.15) is 16.7 Å². The number of nitrogens with one attached hydrogen (secondary N) is 1. The van der Waals surface area contributed by atoms with E-state index >= 15 is 0 Å². The standard InChI is InChI=1S/C22H21N4O6S.K/c1-13-16-11-18(23-2)20(32-22(28)26(4)5)12-19(16)31-21(27)17(13)10-14-7-6-8-15(9-14)25-33(29,30)24-3;/h6-9,11-12,24H,10H2,1,3-5H3;/q-1;+1. The van der Waals surface area contributed by atoms with E-state index in [4.69, 9.17) is 15.7 Å². The second-order valence-electron chi connectivity index (χ2n) is 7.30. The molecule has 34 heavy (non-hydrogen) atoms. The summed E-state index contributed by atoms with van der Waals surface area (Å²) in [4.78, 5) is 29.3. The van der Waals surface area contributed by atoms with Crippen LogP contribution in [0.15, 0.2) is 45.6 Å². The van der Waals surface area contributed by atoms with Crippen LogP contribution in [0.25, 0.3) is 20.5 Å². The molecule has 1 aromatic heterocycles. The van der Waals surface area contributed by atoms with Gasteiger partial charge in [-0.25, -0.2) is 27.6 Å². The van der Waals surface area contributed by atoms with Crippen LogP contribution >= 0.6 is 0 Å². The van der Waals surface area contributed by atoms with Crippen molar-refractivity contribution in [2.45, 2.75) is 13.3 Å². The summed E-state index contributed by atoms with van der Waals surface area (Å²) in [5.41, 5.74) is 1.50. The molecule has 3 rings (SSSR count).